The van der Waals surface area contributed by atoms with Crippen LogP contribution in [0.5, 0.6) is 0 Å². The third-order valence-corrected chi connectivity index (χ3v) is 3.44. The summed E-state index contributed by atoms with van der Waals surface area (Å²) in [6.07, 6.45) is 6.55. The molecular weight excluding hydrogens is 286 g/mol. The third kappa shape index (κ3) is 3.39. The van der Waals surface area contributed by atoms with Gasteiger partial charge in [0.1, 0.15) is 0 Å². The van der Waals surface area contributed by atoms with Crippen LogP contribution in [0.4, 0.5) is 5.95 Å². The minimum absolute atomic E-state index is 0.182. The summed E-state index contributed by atoms with van der Waals surface area (Å²) in [5.41, 5.74) is 0. The summed E-state index contributed by atoms with van der Waals surface area (Å²) in [4.78, 5) is 19.1. The van der Waals surface area contributed by atoms with Gasteiger partial charge in [-0.3, -0.25) is 4.79 Å². The Hall–Kier alpha value is -1.17. The maximum Gasteiger partial charge on any atom is 0.306 e. The van der Waals surface area contributed by atoms with Crippen molar-refractivity contribution in [1.29, 1.82) is 0 Å². The molecule has 17 heavy (non-hydrogen) atoms. The number of rotatable bonds is 3. The molecule has 0 amide bonds. The van der Waals surface area contributed by atoms with E-state index in [0.717, 1.165) is 30.2 Å². The first-order valence-corrected chi connectivity index (χ1v) is 6.41. The maximum absolute atomic E-state index is 10.8. The van der Waals surface area contributed by atoms with Crippen molar-refractivity contribution in [2.45, 2.75) is 31.7 Å². The van der Waals surface area contributed by atoms with Crippen LogP contribution in [0.25, 0.3) is 0 Å². The highest BCUT2D eigenvalue weighted by Crippen LogP contribution is 2.26. The molecule has 1 fully saturated rings. The zero-order valence-electron chi connectivity index (χ0n) is 9.27. The average molecular weight is 300 g/mol. The summed E-state index contributed by atoms with van der Waals surface area (Å²) in [5, 5.41) is 12.1. The molecule has 6 heteroatoms. The second kappa shape index (κ2) is 5.44. The first-order chi connectivity index (χ1) is 8.15. The second-order valence-electron chi connectivity index (χ2n) is 4.26. The number of hydrogen-bond donors (Lipinski definition) is 2. The molecule has 0 atom stereocenters. The Kier molecular flexibility index (Phi) is 3.93. The lowest BCUT2D eigenvalue weighted by Crippen LogP contribution is -2.29. The van der Waals surface area contributed by atoms with Crippen molar-refractivity contribution >= 4 is 27.8 Å². The fraction of sp³-hybridized carbons (Fsp3) is 0.545. The van der Waals surface area contributed by atoms with Gasteiger partial charge in [-0.05, 0) is 41.6 Å². The highest BCUT2D eigenvalue weighted by molar-refractivity contribution is 9.10. The van der Waals surface area contributed by atoms with Crippen LogP contribution in [0.3, 0.4) is 0 Å². The highest BCUT2D eigenvalue weighted by atomic mass is 79.9. The van der Waals surface area contributed by atoms with E-state index in [1.165, 1.54) is 0 Å². The van der Waals surface area contributed by atoms with Crippen molar-refractivity contribution < 1.29 is 9.90 Å². The van der Waals surface area contributed by atoms with Crippen LogP contribution < -0.4 is 5.32 Å². The smallest absolute Gasteiger partial charge is 0.306 e. The zero-order chi connectivity index (χ0) is 12.3. The normalized spacial score (nSPS) is 24.3. The molecule has 0 aromatic carbocycles. The SMILES string of the molecule is O=C(O)C1CCC(Nc2ncc(Br)cn2)CC1. The van der Waals surface area contributed by atoms with E-state index in [9.17, 15) is 4.79 Å². The van der Waals surface area contributed by atoms with Gasteiger partial charge in [-0.2, -0.15) is 0 Å². The first kappa shape index (κ1) is 12.3. The Bertz CT molecular complexity index is 388. The van der Waals surface area contributed by atoms with Gasteiger partial charge < -0.3 is 10.4 Å². The van der Waals surface area contributed by atoms with Crippen LogP contribution in [-0.2, 0) is 4.79 Å². The fourth-order valence-electron chi connectivity index (χ4n) is 2.05. The minimum atomic E-state index is -0.677. The molecular formula is C11H14BrN3O2. The van der Waals surface area contributed by atoms with E-state index in [1.54, 1.807) is 12.4 Å². The van der Waals surface area contributed by atoms with Gasteiger partial charge >= 0.3 is 5.97 Å². The van der Waals surface area contributed by atoms with Crippen molar-refractivity contribution in [2.24, 2.45) is 5.92 Å². The second-order valence-corrected chi connectivity index (χ2v) is 5.17. The summed E-state index contributed by atoms with van der Waals surface area (Å²) >= 11 is 3.28. The van der Waals surface area contributed by atoms with E-state index in [4.69, 9.17) is 5.11 Å². The third-order valence-electron chi connectivity index (χ3n) is 3.03. The summed E-state index contributed by atoms with van der Waals surface area (Å²) in [7, 11) is 0. The number of nitrogens with one attached hydrogen (secondary N) is 1. The molecule has 0 aliphatic heterocycles. The van der Waals surface area contributed by atoms with E-state index in [-0.39, 0.29) is 12.0 Å². The van der Waals surface area contributed by atoms with Crippen LogP contribution in [-0.4, -0.2) is 27.1 Å². The van der Waals surface area contributed by atoms with Gasteiger partial charge in [0.25, 0.3) is 0 Å². The molecule has 1 aromatic heterocycles. The van der Waals surface area contributed by atoms with Gasteiger partial charge in [0.05, 0.1) is 10.4 Å². The summed E-state index contributed by atoms with van der Waals surface area (Å²) < 4.78 is 0.845. The lowest BCUT2D eigenvalue weighted by molar-refractivity contribution is -0.142. The summed E-state index contributed by atoms with van der Waals surface area (Å²) in [5.74, 6) is -0.255. The number of carbonyl (C=O) groups is 1. The Labute approximate surface area is 108 Å². The number of carboxylic acids is 1. The molecule has 0 saturated heterocycles. The molecule has 0 bridgehead atoms. The van der Waals surface area contributed by atoms with Gasteiger partial charge in [0, 0.05) is 18.4 Å². The molecule has 1 aliphatic rings. The number of aromatic nitrogens is 2. The van der Waals surface area contributed by atoms with Crippen LogP contribution >= 0.6 is 15.9 Å². The summed E-state index contributed by atoms with van der Waals surface area (Å²) in [6, 6.07) is 0.284. The minimum Gasteiger partial charge on any atom is -0.481 e. The van der Waals surface area contributed by atoms with E-state index >= 15 is 0 Å². The molecule has 5 nitrogen and oxygen atoms in total. The van der Waals surface area contributed by atoms with Crippen molar-refractivity contribution in [3.05, 3.63) is 16.9 Å². The monoisotopic (exact) mass is 299 g/mol. The molecule has 0 spiro atoms. The van der Waals surface area contributed by atoms with Crippen molar-refractivity contribution in [2.75, 3.05) is 5.32 Å². The molecule has 92 valence electrons. The van der Waals surface area contributed by atoms with E-state index in [1.807, 2.05) is 0 Å². The number of aliphatic carboxylic acids is 1. The number of halogens is 1. The van der Waals surface area contributed by atoms with Crippen molar-refractivity contribution in [1.82, 2.24) is 9.97 Å². The van der Waals surface area contributed by atoms with Gasteiger partial charge in [-0.15, -0.1) is 0 Å². The molecule has 2 rings (SSSR count). The standard InChI is InChI=1S/C11H14BrN3O2/c12-8-5-13-11(14-6-8)15-9-3-1-7(2-4-9)10(16)17/h5-7,9H,1-4H2,(H,16,17)(H,13,14,15). The predicted molar refractivity (Wildman–Crippen MR) is 66.7 cm³/mol. The Morgan fingerprint density at radius 2 is 1.88 bits per heavy atom. The summed E-state index contributed by atoms with van der Waals surface area (Å²) in [6.45, 7) is 0. The Morgan fingerprint density at radius 1 is 1.29 bits per heavy atom. The van der Waals surface area contributed by atoms with E-state index in [0.29, 0.717) is 5.95 Å². The highest BCUT2D eigenvalue weighted by Gasteiger charge is 2.25. The van der Waals surface area contributed by atoms with Crippen LogP contribution in [0.15, 0.2) is 16.9 Å². The van der Waals surface area contributed by atoms with E-state index in [2.05, 4.69) is 31.2 Å². The van der Waals surface area contributed by atoms with Gasteiger partial charge in [0.2, 0.25) is 5.95 Å². The van der Waals surface area contributed by atoms with Crippen LogP contribution in [0.1, 0.15) is 25.7 Å². The molecule has 1 aliphatic carbocycles. The maximum atomic E-state index is 10.8. The molecule has 0 radical (unpaired) electrons. The quantitative estimate of drug-likeness (QED) is 0.896. The van der Waals surface area contributed by atoms with Gasteiger partial charge in [0.15, 0.2) is 0 Å². The number of nitrogens with zero attached hydrogens (tertiary/aromatic N) is 2. The zero-order valence-corrected chi connectivity index (χ0v) is 10.9. The lowest BCUT2D eigenvalue weighted by atomic mass is 9.86. The first-order valence-electron chi connectivity index (χ1n) is 5.62. The number of hydrogen-bond acceptors (Lipinski definition) is 4. The van der Waals surface area contributed by atoms with Crippen molar-refractivity contribution in [3.8, 4) is 0 Å². The van der Waals surface area contributed by atoms with Crippen molar-refractivity contribution in [3.63, 3.8) is 0 Å². The van der Waals surface area contributed by atoms with Gasteiger partial charge in [-0.25, -0.2) is 9.97 Å². The fourth-order valence-corrected chi connectivity index (χ4v) is 2.26. The number of carboxylic acid groups (broad SMARTS) is 1. The van der Waals surface area contributed by atoms with Crippen LogP contribution in [0.2, 0.25) is 0 Å². The Balaban J connectivity index is 1.85. The van der Waals surface area contributed by atoms with Crippen LogP contribution in [0, 0.1) is 5.92 Å². The van der Waals surface area contributed by atoms with E-state index < -0.39 is 5.97 Å². The molecule has 1 saturated carbocycles. The van der Waals surface area contributed by atoms with Gasteiger partial charge in [-0.1, -0.05) is 0 Å². The molecule has 1 aromatic rings. The topological polar surface area (TPSA) is 75.1 Å². The number of anilines is 1. The predicted octanol–water partition coefficient (Wildman–Crippen LogP) is 2.29. The molecule has 1 heterocycles. The average Bonchev–Trinajstić information content (AvgIpc) is 2.33. The Morgan fingerprint density at radius 3 is 2.41 bits per heavy atom. The molecule has 2 N–H and O–H groups in total. The molecule has 0 unspecified atom stereocenters. The lowest BCUT2D eigenvalue weighted by Gasteiger charge is -2.26. The largest absolute Gasteiger partial charge is 0.481 e.